The van der Waals surface area contributed by atoms with Gasteiger partial charge in [0.15, 0.2) is 0 Å². The minimum absolute atomic E-state index is 0.178. The third kappa shape index (κ3) is 38.7. The van der Waals surface area contributed by atoms with Gasteiger partial charge >= 0.3 is 5.97 Å². The smallest absolute Gasteiger partial charge is 0.306 e. The van der Waals surface area contributed by atoms with Gasteiger partial charge in [-0.2, -0.15) is 0 Å². The van der Waals surface area contributed by atoms with Gasteiger partial charge in [0, 0.05) is 13.0 Å². The van der Waals surface area contributed by atoms with Gasteiger partial charge in [-0.3, -0.25) is 4.79 Å². The molecule has 4 nitrogen and oxygen atoms in total. The monoisotopic (exact) mass is 659 g/mol. The number of ether oxygens (including phenoxy) is 2. The SMILES string of the molecule is CC/C=C\C/C=C\C/C=C\C/C=C\CCCCCCCOCC(CO)OC(=O)CCCCCCCCCCCCCCCCCCC. The summed E-state index contributed by atoms with van der Waals surface area (Å²) in [7, 11) is 0. The zero-order chi connectivity index (χ0) is 34.1. The molecule has 0 aliphatic heterocycles. The Labute approximate surface area is 292 Å². The van der Waals surface area contributed by atoms with E-state index in [9.17, 15) is 9.90 Å². The van der Waals surface area contributed by atoms with Gasteiger partial charge in [0.2, 0.25) is 0 Å². The zero-order valence-electron chi connectivity index (χ0n) is 31.3. The van der Waals surface area contributed by atoms with Crippen molar-refractivity contribution in [1.29, 1.82) is 0 Å². The van der Waals surface area contributed by atoms with Crippen LogP contribution in [0.4, 0.5) is 0 Å². The molecule has 1 unspecified atom stereocenters. The average molecular weight is 659 g/mol. The Bertz CT molecular complexity index is 738. The Balaban J connectivity index is 3.46. The van der Waals surface area contributed by atoms with E-state index < -0.39 is 6.10 Å². The maximum Gasteiger partial charge on any atom is 0.306 e. The van der Waals surface area contributed by atoms with E-state index in [0.29, 0.717) is 13.0 Å². The predicted octanol–water partition coefficient (Wildman–Crippen LogP) is 13.1. The van der Waals surface area contributed by atoms with Crippen LogP contribution in [0.5, 0.6) is 0 Å². The lowest BCUT2D eigenvalue weighted by molar-refractivity contribution is -0.154. The lowest BCUT2D eigenvalue weighted by atomic mass is 10.0. The van der Waals surface area contributed by atoms with Gasteiger partial charge < -0.3 is 14.6 Å². The summed E-state index contributed by atoms with van der Waals surface area (Å²) in [5.41, 5.74) is 0. The molecular weight excluding hydrogens is 580 g/mol. The highest BCUT2D eigenvalue weighted by Crippen LogP contribution is 2.15. The first kappa shape index (κ1) is 45.3. The van der Waals surface area contributed by atoms with Crippen LogP contribution in [-0.4, -0.2) is 37.0 Å². The zero-order valence-corrected chi connectivity index (χ0v) is 31.3. The summed E-state index contributed by atoms with van der Waals surface area (Å²) in [4.78, 5) is 12.2. The summed E-state index contributed by atoms with van der Waals surface area (Å²) in [6.07, 6.45) is 51.6. The van der Waals surface area contributed by atoms with Crippen molar-refractivity contribution in [2.24, 2.45) is 0 Å². The number of carbonyl (C=O) groups is 1. The summed E-state index contributed by atoms with van der Waals surface area (Å²) in [5.74, 6) is -0.207. The first-order valence-corrected chi connectivity index (χ1v) is 20.2. The van der Waals surface area contributed by atoms with E-state index >= 15 is 0 Å². The molecule has 0 aromatic rings. The molecule has 0 rings (SSSR count). The van der Waals surface area contributed by atoms with Crippen LogP contribution in [0.15, 0.2) is 48.6 Å². The van der Waals surface area contributed by atoms with Gasteiger partial charge in [0.1, 0.15) is 6.10 Å². The van der Waals surface area contributed by atoms with Gasteiger partial charge in [-0.15, -0.1) is 0 Å². The van der Waals surface area contributed by atoms with Gasteiger partial charge in [0.25, 0.3) is 0 Å². The van der Waals surface area contributed by atoms with Gasteiger partial charge in [-0.05, 0) is 51.4 Å². The Morgan fingerprint density at radius 1 is 0.532 bits per heavy atom. The number of hydrogen-bond donors (Lipinski definition) is 1. The van der Waals surface area contributed by atoms with Gasteiger partial charge in [0.05, 0.1) is 13.2 Å². The minimum Gasteiger partial charge on any atom is -0.457 e. The van der Waals surface area contributed by atoms with Crippen molar-refractivity contribution in [3.8, 4) is 0 Å². The van der Waals surface area contributed by atoms with Crippen molar-refractivity contribution in [2.45, 2.75) is 200 Å². The predicted molar refractivity (Wildman–Crippen MR) is 205 cm³/mol. The number of hydrogen-bond acceptors (Lipinski definition) is 4. The van der Waals surface area contributed by atoms with E-state index in [1.165, 1.54) is 116 Å². The van der Waals surface area contributed by atoms with Crippen molar-refractivity contribution >= 4 is 5.97 Å². The van der Waals surface area contributed by atoms with Crippen LogP contribution in [-0.2, 0) is 14.3 Å². The fourth-order valence-electron chi connectivity index (χ4n) is 5.67. The second-order valence-electron chi connectivity index (χ2n) is 13.3. The standard InChI is InChI=1S/C43H78O4/c1-3-5-7-9-11-13-15-17-19-21-23-25-27-29-31-33-35-37-39-46-41-42(40-44)47-43(45)38-36-34-32-30-28-26-24-22-20-18-16-14-12-10-8-6-4-2/h5,7,11,13,17,19,23,25,42,44H,3-4,6,8-10,12,14-16,18,20-22,24,26-41H2,1-2H3/b7-5-,13-11-,19-17-,25-23-. The van der Waals surface area contributed by atoms with Crippen LogP contribution in [0.25, 0.3) is 0 Å². The molecule has 0 aromatic carbocycles. The van der Waals surface area contributed by atoms with Gasteiger partial charge in [-0.25, -0.2) is 0 Å². The second-order valence-corrected chi connectivity index (χ2v) is 13.3. The molecule has 0 heterocycles. The fraction of sp³-hybridized carbons (Fsp3) is 0.791. The molecule has 1 atom stereocenters. The molecule has 0 aliphatic carbocycles. The largest absolute Gasteiger partial charge is 0.457 e. The molecule has 0 amide bonds. The Hall–Kier alpha value is -1.65. The number of allylic oxidation sites excluding steroid dienone is 8. The molecule has 0 aromatic heterocycles. The summed E-state index contributed by atoms with van der Waals surface area (Å²) in [6.45, 7) is 5.21. The lowest BCUT2D eigenvalue weighted by Gasteiger charge is -2.15. The van der Waals surface area contributed by atoms with Crippen LogP contribution < -0.4 is 0 Å². The first-order chi connectivity index (χ1) is 23.2. The van der Waals surface area contributed by atoms with Crippen molar-refractivity contribution < 1.29 is 19.4 Å². The van der Waals surface area contributed by atoms with Crippen molar-refractivity contribution in [2.75, 3.05) is 19.8 Å². The van der Waals surface area contributed by atoms with Crippen LogP contribution in [0, 0.1) is 0 Å². The number of unbranched alkanes of at least 4 members (excludes halogenated alkanes) is 21. The molecule has 4 heteroatoms. The molecule has 0 saturated carbocycles. The van der Waals surface area contributed by atoms with Crippen LogP contribution in [0.1, 0.15) is 194 Å². The molecule has 0 fully saturated rings. The lowest BCUT2D eigenvalue weighted by Crippen LogP contribution is -2.27. The average Bonchev–Trinajstić information content (AvgIpc) is 3.08. The fourth-order valence-corrected chi connectivity index (χ4v) is 5.67. The third-order valence-corrected chi connectivity index (χ3v) is 8.67. The summed E-state index contributed by atoms with van der Waals surface area (Å²) < 4.78 is 11.1. The number of aliphatic hydroxyl groups excluding tert-OH is 1. The molecule has 274 valence electrons. The number of esters is 1. The van der Waals surface area contributed by atoms with Gasteiger partial charge in [-0.1, -0.05) is 184 Å². The Morgan fingerprint density at radius 2 is 0.957 bits per heavy atom. The third-order valence-electron chi connectivity index (χ3n) is 8.67. The molecule has 0 spiro atoms. The van der Waals surface area contributed by atoms with E-state index in [1.807, 2.05) is 0 Å². The molecule has 0 bridgehead atoms. The van der Waals surface area contributed by atoms with Crippen LogP contribution >= 0.6 is 0 Å². The number of carbonyl (C=O) groups excluding carboxylic acids is 1. The first-order valence-electron chi connectivity index (χ1n) is 20.2. The Kier molecular flexibility index (Phi) is 39.1. The van der Waals surface area contributed by atoms with Crippen LogP contribution in [0.2, 0.25) is 0 Å². The summed E-state index contributed by atoms with van der Waals surface area (Å²) in [6, 6.07) is 0. The number of aliphatic hydroxyl groups is 1. The van der Waals surface area contributed by atoms with Crippen LogP contribution in [0.3, 0.4) is 0 Å². The topological polar surface area (TPSA) is 55.8 Å². The van der Waals surface area contributed by atoms with E-state index in [0.717, 1.165) is 57.8 Å². The van der Waals surface area contributed by atoms with Crippen molar-refractivity contribution in [3.63, 3.8) is 0 Å². The summed E-state index contributed by atoms with van der Waals surface area (Å²) >= 11 is 0. The molecule has 1 N–H and O–H groups in total. The van der Waals surface area contributed by atoms with E-state index in [2.05, 4.69) is 62.5 Å². The number of rotatable bonds is 37. The molecule has 47 heavy (non-hydrogen) atoms. The highest BCUT2D eigenvalue weighted by atomic mass is 16.6. The molecule has 0 aliphatic rings. The van der Waals surface area contributed by atoms with Crippen molar-refractivity contribution in [3.05, 3.63) is 48.6 Å². The maximum absolute atomic E-state index is 12.2. The van der Waals surface area contributed by atoms with E-state index in [4.69, 9.17) is 9.47 Å². The normalized spacial score (nSPS) is 12.8. The van der Waals surface area contributed by atoms with E-state index in [1.54, 1.807) is 0 Å². The molecular formula is C43H78O4. The Morgan fingerprint density at radius 3 is 1.45 bits per heavy atom. The maximum atomic E-state index is 12.2. The van der Waals surface area contributed by atoms with Crippen molar-refractivity contribution in [1.82, 2.24) is 0 Å². The molecule has 0 radical (unpaired) electrons. The quantitative estimate of drug-likeness (QED) is 0.0410. The molecule has 0 saturated heterocycles. The second kappa shape index (κ2) is 40.5. The highest BCUT2D eigenvalue weighted by Gasteiger charge is 2.13. The minimum atomic E-state index is -0.542. The summed E-state index contributed by atoms with van der Waals surface area (Å²) in [5, 5.41) is 9.58. The highest BCUT2D eigenvalue weighted by molar-refractivity contribution is 5.69. The van der Waals surface area contributed by atoms with E-state index in [-0.39, 0.29) is 19.2 Å².